The standard InChI is InChI=1S/C15H18ClNO3/c1-8-7-11(9(2)20-8)14(17)10-5-6-12(18-3)13(16)15(10)19-4/h5-7,14H,17H2,1-4H3. The molecule has 108 valence electrons. The maximum absolute atomic E-state index is 6.33. The van der Waals surface area contributed by atoms with Gasteiger partial charge in [0.2, 0.25) is 0 Å². The molecule has 2 aromatic rings. The zero-order valence-electron chi connectivity index (χ0n) is 12.0. The fraction of sp³-hybridized carbons (Fsp3) is 0.333. The van der Waals surface area contributed by atoms with Gasteiger partial charge < -0.3 is 19.6 Å². The number of aryl methyl sites for hydroxylation is 2. The zero-order chi connectivity index (χ0) is 14.9. The number of ether oxygens (including phenoxy) is 2. The van der Waals surface area contributed by atoms with E-state index >= 15 is 0 Å². The molecular weight excluding hydrogens is 278 g/mol. The van der Waals surface area contributed by atoms with Gasteiger partial charge >= 0.3 is 0 Å². The smallest absolute Gasteiger partial charge is 0.146 e. The van der Waals surface area contributed by atoms with E-state index in [2.05, 4.69) is 0 Å². The van der Waals surface area contributed by atoms with Gasteiger partial charge in [-0.05, 0) is 32.0 Å². The van der Waals surface area contributed by atoms with Gasteiger partial charge in [0.1, 0.15) is 28.0 Å². The van der Waals surface area contributed by atoms with E-state index in [4.69, 9.17) is 31.2 Å². The molecule has 20 heavy (non-hydrogen) atoms. The summed E-state index contributed by atoms with van der Waals surface area (Å²) in [4.78, 5) is 0. The Labute approximate surface area is 123 Å². The molecule has 0 aliphatic carbocycles. The Morgan fingerprint density at radius 3 is 2.35 bits per heavy atom. The zero-order valence-corrected chi connectivity index (χ0v) is 12.7. The first-order chi connectivity index (χ1) is 9.49. The third-order valence-electron chi connectivity index (χ3n) is 3.27. The van der Waals surface area contributed by atoms with Crippen LogP contribution in [0.15, 0.2) is 22.6 Å². The average molecular weight is 296 g/mol. The lowest BCUT2D eigenvalue weighted by Gasteiger charge is -2.18. The highest BCUT2D eigenvalue weighted by Crippen LogP contribution is 2.41. The molecular formula is C15H18ClNO3. The van der Waals surface area contributed by atoms with Crippen LogP contribution in [0, 0.1) is 13.8 Å². The Kier molecular flexibility index (Phi) is 4.26. The summed E-state index contributed by atoms with van der Waals surface area (Å²) in [6.45, 7) is 3.78. The summed E-state index contributed by atoms with van der Waals surface area (Å²) in [5.74, 6) is 2.70. The second-order valence-corrected chi connectivity index (χ2v) is 4.93. The van der Waals surface area contributed by atoms with Crippen molar-refractivity contribution in [1.82, 2.24) is 0 Å². The third kappa shape index (κ3) is 2.49. The van der Waals surface area contributed by atoms with Crippen molar-refractivity contribution in [3.8, 4) is 11.5 Å². The van der Waals surface area contributed by atoms with Crippen molar-refractivity contribution in [3.63, 3.8) is 0 Å². The van der Waals surface area contributed by atoms with E-state index in [1.807, 2.05) is 26.0 Å². The molecule has 0 bridgehead atoms. The lowest BCUT2D eigenvalue weighted by atomic mass is 9.98. The van der Waals surface area contributed by atoms with Gasteiger partial charge in [-0.15, -0.1) is 0 Å². The fourth-order valence-electron chi connectivity index (χ4n) is 2.29. The van der Waals surface area contributed by atoms with E-state index in [1.165, 1.54) is 0 Å². The molecule has 0 radical (unpaired) electrons. The molecule has 2 N–H and O–H groups in total. The number of halogens is 1. The van der Waals surface area contributed by atoms with Crippen molar-refractivity contribution in [1.29, 1.82) is 0 Å². The number of hydrogen-bond donors (Lipinski definition) is 1. The minimum absolute atomic E-state index is 0.370. The molecule has 1 aromatic heterocycles. The molecule has 0 aliphatic rings. The fourth-order valence-corrected chi connectivity index (χ4v) is 2.62. The first-order valence-electron chi connectivity index (χ1n) is 6.22. The summed E-state index contributed by atoms with van der Waals surface area (Å²) in [5.41, 5.74) is 8.04. The summed E-state index contributed by atoms with van der Waals surface area (Å²) in [6.07, 6.45) is 0. The highest BCUT2D eigenvalue weighted by atomic mass is 35.5. The average Bonchev–Trinajstić information content (AvgIpc) is 2.76. The van der Waals surface area contributed by atoms with Crippen molar-refractivity contribution in [2.24, 2.45) is 5.73 Å². The Morgan fingerprint density at radius 1 is 1.15 bits per heavy atom. The van der Waals surface area contributed by atoms with Gasteiger partial charge in [-0.2, -0.15) is 0 Å². The van der Waals surface area contributed by atoms with Crippen LogP contribution in [0.4, 0.5) is 0 Å². The Morgan fingerprint density at radius 2 is 1.85 bits per heavy atom. The predicted octanol–water partition coefficient (Wildman–Crippen LogP) is 3.62. The second kappa shape index (κ2) is 5.77. The number of furan rings is 1. The number of methoxy groups -OCH3 is 2. The number of nitrogens with two attached hydrogens (primary N) is 1. The van der Waals surface area contributed by atoms with Crippen LogP contribution < -0.4 is 15.2 Å². The van der Waals surface area contributed by atoms with Gasteiger partial charge in [-0.1, -0.05) is 11.6 Å². The van der Waals surface area contributed by atoms with E-state index in [-0.39, 0.29) is 6.04 Å². The van der Waals surface area contributed by atoms with Crippen LogP contribution in [0.5, 0.6) is 11.5 Å². The number of benzene rings is 1. The third-order valence-corrected chi connectivity index (χ3v) is 3.62. The van der Waals surface area contributed by atoms with Gasteiger partial charge in [-0.3, -0.25) is 0 Å². The topological polar surface area (TPSA) is 57.6 Å². The summed E-state index contributed by atoms with van der Waals surface area (Å²) in [5, 5.41) is 0.417. The van der Waals surface area contributed by atoms with Gasteiger partial charge in [0.25, 0.3) is 0 Å². The lowest BCUT2D eigenvalue weighted by Crippen LogP contribution is -2.13. The monoisotopic (exact) mass is 295 g/mol. The molecule has 0 amide bonds. The van der Waals surface area contributed by atoms with Crippen molar-refractivity contribution < 1.29 is 13.9 Å². The van der Waals surface area contributed by atoms with Crippen LogP contribution in [0.2, 0.25) is 5.02 Å². The lowest BCUT2D eigenvalue weighted by molar-refractivity contribution is 0.390. The van der Waals surface area contributed by atoms with Gasteiger partial charge in [0.15, 0.2) is 0 Å². The molecule has 0 saturated carbocycles. The Bertz CT molecular complexity index is 622. The molecule has 0 aliphatic heterocycles. The van der Waals surface area contributed by atoms with Crippen molar-refractivity contribution in [2.75, 3.05) is 14.2 Å². The van der Waals surface area contributed by atoms with Gasteiger partial charge in [0, 0.05) is 11.1 Å². The molecule has 1 atom stereocenters. The Hall–Kier alpha value is -1.65. The van der Waals surface area contributed by atoms with Crippen molar-refractivity contribution in [2.45, 2.75) is 19.9 Å². The minimum atomic E-state index is -0.370. The predicted molar refractivity (Wildman–Crippen MR) is 78.8 cm³/mol. The van der Waals surface area contributed by atoms with Gasteiger partial charge in [0.05, 0.1) is 20.3 Å². The molecule has 0 fully saturated rings. The SMILES string of the molecule is COc1ccc(C(N)c2cc(C)oc2C)c(OC)c1Cl. The minimum Gasteiger partial charge on any atom is -0.495 e. The highest BCUT2D eigenvalue weighted by Gasteiger charge is 2.22. The molecule has 1 heterocycles. The molecule has 1 unspecified atom stereocenters. The molecule has 0 spiro atoms. The van der Waals surface area contributed by atoms with E-state index in [0.717, 1.165) is 22.6 Å². The first kappa shape index (κ1) is 14.8. The van der Waals surface area contributed by atoms with E-state index < -0.39 is 0 Å². The maximum atomic E-state index is 6.33. The molecule has 1 aromatic carbocycles. The van der Waals surface area contributed by atoms with Gasteiger partial charge in [-0.25, -0.2) is 0 Å². The summed E-state index contributed by atoms with van der Waals surface area (Å²) >= 11 is 6.26. The van der Waals surface area contributed by atoms with E-state index in [9.17, 15) is 0 Å². The summed E-state index contributed by atoms with van der Waals surface area (Å²) < 4.78 is 16.1. The summed E-state index contributed by atoms with van der Waals surface area (Å²) in [6, 6.07) is 5.20. The Balaban J connectivity index is 2.52. The largest absolute Gasteiger partial charge is 0.495 e. The molecule has 5 heteroatoms. The summed E-state index contributed by atoms with van der Waals surface area (Å²) in [7, 11) is 3.12. The van der Waals surface area contributed by atoms with Crippen LogP contribution in [0.1, 0.15) is 28.7 Å². The van der Waals surface area contributed by atoms with Crippen molar-refractivity contribution in [3.05, 3.63) is 45.9 Å². The van der Waals surface area contributed by atoms with Crippen LogP contribution in [0.25, 0.3) is 0 Å². The normalized spacial score (nSPS) is 12.3. The van der Waals surface area contributed by atoms with Crippen LogP contribution >= 0.6 is 11.6 Å². The maximum Gasteiger partial charge on any atom is 0.146 e. The van der Waals surface area contributed by atoms with E-state index in [1.54, 1.807) is 20.3 Å². The molecule has 4 nitrogen and oxygen atoms in total. The molecule has 0 saturated heterocycles. The number of rotatable bonds is 4. The van der Waals surface area contributed by atoms with Crippen LogP contribution in [0.3, 0.4) is 0 Å². The second-order valence-electron chi connectivity index (χ2n) is 4.55. The van der Waals surface area contributed by atoms with Crippen LogP contribution in [-0.2, 0) is 0 Å². The quantitative estimate of drug-likeness (QED) is 0.936. The molecule has 2 rings (SSSR count). The highest BCUT2D eigenvalue weighted by molar-refractivity contribution is 6.33. The van der Waals surface area contributed by atoms with Crippen molar-refractivity contribution >= 4 is 11.6 Å². The number of hydrogen-bond acceptors (Lipinski definition) is 4. The van der Waals surface area contributed by atoms with E-state index in [0.29, 0.717) is 16.5 Å². The van der Waals surface area contributed by atoms with Crippen LogP contribution in [-0.4, -0.2) is 14.2 Å². The first-order valence-corrected chi connectivity index (χ1v) is 6.60.